The summed E-state index contributed by atoms with van der Waals surface area (Å²) in [5.74, 6) is 1.50. The first kappa shape index (κ1) is 14.1. The van der Waals surface area contributed by atoms with Crippen LogP contribution in [0.15, 0.2) is 84.0 Å². The van der Waals surface area contributed by atoms with Crippen molar-refractivity contribution in [1.29, 1.82) is 0 Å². The van der Waals surface area contributed by atoms with Gasteiger partial charge in [0.05, 0.1) is 0 Å². The molecule has 2 nitrogen and oxygen atoms in total. The molecule has 2 heteroatoms. The van der Waals surface area contributed by atoms with Gasteiger partial charge in [-0.25, -0.2) is 0 Å². The summed E-state index contributed by atoms with van der Waals surface area (Å²) in [5, 5.41) is 0. The molecule has 0 saturated carbocycles. The van der Waals surface area contributed by atoms with Crippen LogP contribution in [0.3, 0.4) is 0 Å². The third kappa shape index (κ3) is 2.91. The Morgan fingerprint density at radius 3 is 1.68 bits per heavy atom. The molecule has 2 aromatic carbocycles. The zero-order chi connectivity index (χ0) is 15.4. The van der Waals surface area contributed by atoms with E-state index in [0.717, 1.165) is 34.5 Å². The van der Waals surface area contributed by atoms with E-state index in [1.165, 1.54) is 0 Å². The lowest BCUT2D eigenvalue weighted by atomic mass is 10.0. The smallest absolute Gasteiger partial charge is 0.146 e. The van der Waals surface area contributed by atoms with Crippen LogP contribution < -0.4 is 0 Å². The number of ether oxygens (including phenoxy) is 1. The Morgan fingerprint density at radius 1 is 0.818 bits per heavy atom. The molecule has 1 aliphatic rings. The normalized spacial score (nSPS) is 13.8. The Hall–Kier alpha value is -2.87. The average Bonchev–Trinajstić information content (AvgIpc) is 2.62. The molecule has 0 atom stereocenters. The molecule has 0 radical (unpaired) electrons. The van der Waals surface area contributed by atoms with Crippen molar-refractivity contribution in [3.8, 4) is 0 Å². The summed E-state index contributed by atoms with van der Waals surface area (Å²) in [5.41, 5.74) is 3.53. The van der Waals surface area contributed by atoms with Crippen molar-refractivity contribution in [3.05, 3.63) is 95.1 Å². The van der Waals surface area contributed by atoms with Crippen molar-refractivity contribution < 1.29 is 9.53 Å². The predicted molar refractivity (Wildman–Crippen MR) is 88.7 cm³/mol. The first-order valence-corrected chi connectivity index (χ1v) is 7.16. The van der Waals surface area contributed by atoms with Crippen molar-refractivity contribution in [1.82, 2.24) is 0 Å². The van der Waals surface area contributed by atoms with E-state index < -0.39 is 0 Å². The van der Waals surface area contributed by atoms with Gasteiger partial charge in [0.15, 0.2) is 0 Å². The zero-order valence-corrected chi connectivity index (χ0v) is 12.3. The molecule has 0 saturated heterocycles. The number of benzene rings is 2. The van der Waals surface area contributed by atoms with Crippen LogP contribution in [-0.4, -0.2) is 6.29 Å². The highest BCUT2D eigenvalue weighted by Gasteiger charge is 2.15. The maximum absolute atomic E-state index is 11.1. The molecule has 2 aromatic rings. The highest BCUT2D eigenvalue weighted by molar-refractivity contribution is 5.83. The standard InChI is InChI=1S/C20H16O2/c1-15(14-21)18-12-19(16-8-4-2-5-9-16)22-20(13-18)17-10-6-3-7-11-17/h2-14H,1H3. The average molecular weight is 288 g/mol. The van der Waals surface area contributed by atoms with E-state index in [0.29, 0.717) is 5.57 Å². The molecule has 0 fully saturated rings. The van der Waals surface area contributed by atoms with Crippen molar-refractivity contribution in [2.75, 3.05) is 0 Å². The van der Waals surface area contributed by atoms with E-state index in [2.05, 4.69) is 0 Å². The third-order valence-corrected chi connectivity index (χ3v) is 3.54. The predicted octanol–water partition coefficient (Wildman–Crippen LogP) is 4.61. The van der Waals surface area contributed by atoms with Crippen molar-refractivity contribution in [3.63, 3.8) is 0 Å². The van der Waals surface area contributed by atoms with Gasteiger partial charge in [0.1, 0.15) is 17.8 Å². The lowest BCUT2D eigenvalue weighted by Gasteiger charge is -2.19. The van der Waals surface area contributed by atoms with Crippen LogP contribution in [0.1, 0.15) is 18.1 Å². The fraction of sp³-hybridized carbons (Fsp3) is 0.0500. The second-order valence-corrected chi connectivity index (χ2v) is 5.11. The van der Waals surface area contributed by atoms with E-state index in [1.807, 2.05) is 79.7 Å². The summed E-state index contributed by atoms with van der Waals surface area (Å²) in [7, 11) is 0. The minimum absolute atomic E-state index is 0.685. The van der Waals surface area contributed by atoms with Gasteiger partial charge in [-0.15, -0.1) is 0 Å². The molecule has 1 aliphatic heterocycles. The monoisotopic (exact) mass is 288 g/mol. The number of hydrogen-bond donors (Lipinski definition) is 0. The lowest BCUT2D eigenvalue weighted by molar-refractivity contribution is -0.104. The number of rotatable bonds is 3. The topological polar surface area (TPSA) is 26.3 Å². The molecule has 0 amide bonds. The number of hydrogen-bond acceptors (Lipinski definition) is 2. The molecule has 0 aromatic heterocycles. The summed E-state index contributed by atoms with van der Waals surface area (Å²) in [6, 6.07) is 19.8. The van der Waals surface area contributed by atoms with Crippen LogP contribution in [0.25, 0.3) is 11.5 Å². The van der Waals surface area contributed by atoms with Crippen LogP contribution in [0, 0.1) is 0 Å². The molecule has 108 valence electrons. The largest absolute Gasteiger partial charge is 0.456 e. The minimum atomic E-state index is 0.685. The summed E-state index contributed by atoms with van der Waals surface area (Å²) >= 11 is 0. The van der Waals surface area contributed by atoms with Crippen LogP contribution in [0.5, 0.6) is 0 Å². The van der Waals surface area contributed by atoms with Gasteiger partial charge in [-0.2, -0.15) is 0 Å². The van der Waals surface area contributed by atoms with Gasteiger partial charge in [0, 0.05) is 11.1 Å². The van der Waals surface area contributed by atoms with Gasteiger partial charge >= 0.3 is 0 Å². The van der Waals surface area contributed by atoms with Crippen molar-refractivity contribution >= 4 is 17.8 Å². The van der Waals surface area contributed by atoms with Gasteiger partial charge in [-0.05, 0) is 30.2 Å². The van der Waals surface area contributed by atoms with Crippen molar-refractivity contribution in [2.45, 2.75) is 6.92 Å². The molecule has 1 heterocycles. The van der Waals surface area contributed by atoms with Crippen LogP contribution >= 0.6 is 0 Å². The Balaban J connectivity index is 2.08. The molecular weight excluding hydrogens is 272 g/mol. The Morgan fingerprint density at radius 2 is 1.27 bits per heavy atom. The fourth-order valence-corrected chi connectivity index (χ4v) is 2.29. The van der Waals surface area contributed by atoms with Gasteiger partial charge < -0.3 is 4.74 Å². The van der Waals surface area contributed by atoms with Crippen LogP contribution in [-0.2, 0) is 9.53 Å². The third-order valence-electron chi connectivity index (χ3n) is 3.54. The van der Waals surface area contributed by atoms with E-state index in [4.69, 9.17) is 4.74 Å². The second-order valence-electron chi connectivity index (χ2n) is 5.11. The summed E-state index contributed by atoms with van der Waals surface area (Å²) in [6.45, 7) is 1.81. The fourth-order valence-electron chi connectivity index (χ4n) is 2.29. The summed E-state index contributed by atoms with van der Waals surface area (Å²) in [6.07, 6.45) is 4.69. The molecule has 3 rings (SSSR count). The van der Waals surface area contributed by atoms with E-state index in [-0.39, 0.29) is 0 Å². The maximum atomic E-state index is 11.1. The first-order valence-electron chi connectivity index (χ1n) is 7.16. The minimum Gasteiger partial charge on any atom is -0.456 e. The molecule has 0 N–H and O–H groups in total. The molecule has 0 bridgehead atoms. The highest BCUT2D eigenvalue weighted by atomic mass is 16.5. The SMILES string of the molecule is CC(C=O)=C1C=C(c2ccccc2)OC(c2ccccc2)=C1. The van der Waals surface area contributed by atoms with Crippen LogP contribution in [0.4, 0.5) is 0 Å². The Kier molecular flexibility index (Phi) is 4.01. The van der Waals surface area contributed by atoms with Crippen LogP contribution in [0.2, 0.25) is 0 Å². The molecular formula is C20H16O2. The van der Waals surface area contributed by atoms with Gasteiger partial charge in [0.2, 0.25) is 0 Å². The van der Waals surface area contributed by atoms with Gasteiger partial charge in [-0.3, -0.25) is 4.79 Å². The molecule has 22 heavy (non-hydrogen) atoms. The van der Waals surface area contributed by atoms with Crippen molar-refractivity contribution in [2.24, 2.45) is 0 Å². The number of carbonyl (C=O) groups is 1. The lowest BCUT2D eigenvalue weighted by Crippen LogP contribution is -2.01. The van der Waals surface area contributed by atoms with Gasteiger partial charge in [0.25, 0.3) is 0 Å². The summed E-state index contributed by atoms with van der Waals surface area (Å²) < 4.78 is 6.06. The second kappa shape index (κ2) is 6.27. The number of allylic oxidation sites excluding steroid dienone is 4. The van der Waals surface area contributed by atoms with Gasteiger partial charge in [-0.1, -0.05) is 60.7 Å². The number of aldehydes is 1. The summed E-state index contributed by atoms with van der Waals surface area (Å²) in [4.78, 5) is 11.1. The zero-order valence-electron chi connectivity index (χ0n) is 12.3. The molecule has 0 aliphatic carbocycles. The molecule has 0 unspecified atom stereocenters. The van der Waals surface area contributed by atoms with E-state index >= 15 is 0 Å². The Bertz CT molecular complexity index is 708. The highest BCUT2D eigenvalue weighted by Crippen LogP contribution is 2.32. The van der Waals surface area contributed by atoms with E-state index in [1.54, 1.807) is 0 Å². The Labute approximate surface area is 130 Å². The maximum Gasteiger partial charge on any atom is 0.146 e. The molecule has 0 spiro atoms. The quantitative estimate of drug-likeness (QED) is 0.609. The number of carbonyl (C=O) groups excluding carboxylic acids is 1. The first-order chi connectivity index (χ1) is 10.8. The van der Waals surface area contributed by atoms with E-state index in [9.17, 15) is 4.79 Å².